The molecule has 0 heterocycles. The first-order valence-electron chi connectivity index (χ1n) is 7.43. The Hall–Kier alpha value is -0.920. The lowest BCUT2D eigenvalue weighted by atomic mass is 9.85. The first-order valence-corrected chi connectivity index (χ1v) is 7.43. The molecule has 0 saturated heterocycles. The smallest absolute Gasteiger partial charge is 0.155 e. The molecule has 2 aliphatic rings. The molecule has 0 aromatic carbocycles. The molecule has 0 aromatic rings. The number of carbonyl (C=O) groups excluding carboxylic acids is 2. The molecule has 2 heteroatoms. The molecule has 0 amide bonds. The molecule has 1 unspecified atom stereocenters. The predicted molar refractivity (Wildman–Crippen MR) is 74.5 cm³/mol. The highest BCUT2D eigenvalue weighted by Crippen LogP contribution is 2.25. The van der Waals surface area contributed by atoms with Gasteiger partial charge in [-0.3, -0.25) is 9.59 Å². The second-order valence-electron chi connectivity index (χ2n) is 5.40. The van der Waals surface area contributed by atoms with Crippen LogP contribution in [0.3, 0.4) is 0 Å². The maximum absolute atomic E-state index is 11.0. The standard InChI is InChI=1S/C10H18O.C6H8O/c1-2-3-5-9-6-4-7-10(11)8-9;7-6-4-2-1-3-5-6/h9H,2-8H2,1H3;2,4H,1,3,5H2. The van der Waals surface area contributed by atoms with Crippen molar-refractivity contribution in [2.75, 3.05) is 0 Å². The molecule has 0 spiro atoms. The Morgan fingerprint density at radius 2 is 2.06 bits per heavy atom. The monoisotopic (exact) mass is 250 g/mol. The number of ketones is 2. The van der Waals surface area contributed by atoms with E-state index in [0.29, 0.717) is 5.78 Å². The molecule has 2 rings (SSSR count). The molecule has 0 bridgehead atoms. The van der Waals surface area contributed by atoms with E-state index in [1.165, 1.54) is 25.7 Å². The minimum absolute atomic E-state index is 0.284. The molecule has 18 heavy (non-hydrogen) atoms. The second kappa shape index (κ2) is 9.07. The lowest BCUT2D eigenvalue weighted by Gasteiger charge is -2.19. The van der Waals surface area contributed by atoms with Gasteiger partial charge in [0.05, 0.1) is 0 Å². The van der Waals surface area contributed by atoms with Gasteiger partial charge in [-0.15, -0.1) is 0 Å². The van der Waals surface area contributed by atoms with E-state index in [1.807, 2.05) is 6.08 Å². The number of hydrogen-bond donors (Lipinski definition) is 0. The third-order valence-electron chi connectivity index (χ3n) is 3.65. The molecular formula is C16H26O2. The van der Waals surface area contributed by atoms with Gasteiger partial charge in [0.25, 0.3) is 0 Å². The Balaban J connectivity index is 0.000000199. The zero-order valence-corrected chi connectivity index (χ0v) is 11.6. The van der Waals surface area contributed by atoms with Crippen molar-refractivity contribution in [1.29, 1.82) is 0 Å². The molecule has 1 fully saturated rings. The number of allylic oxidation sites excluding steroid dienone is 2. The van der Waals surface area contributed by atoms with Crippen LogP contribution in [0.4, 0.5) is 0 Å². The van der Waals surface area contributed by atoms with Gasteiger partial charge in [-0.1, -0.05) is 32.3 Å². The minimum Gasteiger partial charge on any atom is -0.300 e. The van der Waals surface area contributed by atoms with Crippen molar-refractivity contribution in [3.05, 3.63) is 12.2 Å². The number of hydrogen-bond acceptors (Lipinski definition) is 2. The van der Waals surface area contributed by atoms with Gasteiger partial charge in [0, 0.05) is 19.3 Å². The number of unbranched alkanes of at least 4 members (excludes halogenated alkanes) is 1. The highest BCUT2D eigenvalue weighted by atomic mass is 16.1. The van der Waals surface area contributed by atoms with Crippen LogP contribution in [0.25, 0.3) is 0 Å². The zero-order chi connectivity index (χ0) is 13.2. The zero-order valence-electron chi connectivity index (χ0n) is 11.6. The predicted octanol–water partition coefficient (Wildman–Crippen LogP) is 4.23. The van der Waals surface area contributed by atoms with Crippen LogP contribution >= 0.6 is 0 Å². The van der Waals surface area contributed by atoms with E-state index in [0.717, 1.165) is 44.4 Å². The van der Waals surface area contributed by atoms with E-state index >= 15 is 0 Å². The summed E-state index contributed by atoms with van der Waals surface area (Å²) in [6.07, 6.45) is 14.5. The van der Waals surface area contributed by atoms with Crippen molar-refractivity contribution >= 4 is 11.6 Å². The number of rotatable bonds is 3. The molecular weight excluding hydrogens is 224 g/mol. The molecule has 102 valence electrons. The third kappa shape index (κ3) is 6.73. The second-order valence-corrected chi connectivity index (χ2v) is 5.40. The lowest BCUT2D eigenvalue weighted by Crippen LogP contribution is -2.14. The largest absolute Gasteiger partial charge is 0.300 e. The van der Waals surface area contributed by atoms with Crippen LogP contribution in [-0.4, -0.2) is 11.6 Å². The molecule has 0 aromatic heterocycles. The Labute approximate surface area is 111 Å². The molecule has 0 N–H and O–H groups in total. The summed E-state index contributed by atoms with van der Waals surface area (Å²) in [6.45, 7) is 2.21. The van der Waals surface area contributed by atoms with Crippen LogP contribution in [-0.2, 0) is 9.59 Å². The Bertz CT molecular complexity index is 291. The Kier molecular flexibility index (Phi) is 7.63. The van der Waals surface area contributed by atoms with Gasteiger partial charge in [0.2, 0.25) is 0 Å². The van der Waals surface area contributed by atoms with Gasteiger partial charge < -0.3 is 0 Å². The summed E-state index contributed by atoms with van der Waals surface area (Å²) in [4.78, 5) is 21.4. The fourth-order valence-electron chi connectivity index (χ4n) is 2.55. The topological polar surface area (TPSA) is 34.1 Å². The van der Waals surface area contributed by atoms with Crippen molar-refractivity contribution in [3.63, 3.8) is 0 Å². The minimum atomic E-state index is 0.284. The van der Waals surface area contributed by atoms with E-state index in [-0.39, 0.29) is 5.78 Å². The first-order chi connectivity index (χ1) is 8.72. The lowest BCUT2D eigenvalue weighted by molar-refractivity contribution is -0.121. The average Bonchev–Trinajstić information content (AvgIpc) is 2.38. The number of Topliss-reactive ketones (excluding diaryl/α,β-unsaturated/α-hetero) is 1. The molecule has 1 atom stereocenters. The van der Waals surface area contributed by atoms with E-state index in [9.17, 15) is 9.59 Å². The summed E-state index contributed by atoms with van der Waals surface area (Å²) in [7, 11) is 0. The molecule has 0 radical (unpaired) electrons. The summed E-state index contributed by atoms with van der Waals surface area (Å²) in [5.74, 6) is 1.51. The first kappa shape index (κ1) is 15.1. The van der Waals surface area contributed by atoms with Crippen molar-refractivity contribution in [3.8, 4) is 0 Å². The Morgan fingerprint density at radius 3 is 2.56 bits per heavy atom. The summed E-state index contributed by atoms with van der Waals surface area (Å²) in [5.41, 5.74) is 0. The van der Waals surface area contributed by atoms with Gasteiger partial charge in [0.15, 0.2) is 5.78 Å². The van der Waals surface area contributed by atoms with Crippen LogP contribution < -0.4 is 0 Å². The van der Waals surface area contributed by atoms with Gasteiger partial charge >= 0.3 is 0 Å². The summed E-state index contributed by atoms with van der Waals surface area (Å²) >= 11 is 0. The average molecular weight is 250 g/mol. The fraction of sp³-hybridized carbons (Fsp3) is 0.750. The summed E-state index contributed by atoms with van der Waals surface area (Å²) in [5, 5.41) is 0. The van der Waals surface area contributed by atoms with Crippen LogP contribution in [0.2, 0.25) is 0 Å². The fourth-order valence-corrected chi connectivity index (χ4v) is 2.55. The van der Waals surface area contributed by atoms with E-state index in [2.05, 4.69) is 6.92 Å². The maximum Gasteiger partial charge on any atom is 0.155 e. The third-order valence-corrected chi connectivity index (χ3v) is 3.65. The van der Waals surface area contributed by atoms with Crippen molar-refractivity contribution in [1.82, 2.24) is 0 Å². The normalized spacial score (nSPS) is 23.5. The molecule has 2 nitrogen and oxygen atoms in total. The van der Waals surface area contributed by atoms with Crippen molar-refractivity contribution in [2.45, 2.75) is 71.1 Å². The van der Waals surface area contributed by atoms with Gasteiger partial charge in [-0.25, -0.2) is 0 Å². The maximum atomic E-state index is 11.0. The SMILES string of the molecule is CCCCC1CCCC(=O)C1.O=C1C=CCCC1. The highest BCUT2D eigenvalue weighted by Gasteiger charge is 2.18. The van der Waals surface area contributed by atoms with E-state index in [1.54, 1.807) is 6.08 Å². The summed E-state index contributed by atoms with van der Waals surface area (Å²) in [6, 6.07) is 0. The summed E-state index contributed by atoms with van der Waals surface area (Å²) < 4.78 is 0. The Morgan fingerprint density at radius 1 is 1.22 bits per heavy atom. The van der Waals surface area contributed by atoms with E-state index < -0.39 is 0 Å². The van der Waals surface area contributed by atoms with Crippen LogP contribution in [0.5, 0.6) is 0 Å². The van der Waals surface area contributed by atoms with Crippen molar-refractivity contribution in [2.24, 2.45) is 5.92 Å². The van der Waals surface area contributed by atoms with Gasteiger partial charge in [0.1, 0.15) is 5.78 Å². The van der Waals surface area contributed by atoms with Gasteiger partial charge in [-0.05, 0) is 37.7 Å². The van der Waals surface area contributed by atoms with Crippen LogP contribution in [0.15, 0.2) is 12.2 Å². The van der Waals surface area contributed by atoms with Crippen molar-refractivity contribution < 1.29 is 9.59 Å². The molecule has 0 aliphatic heterocycles. The molecule has 1 saturated carbocycles. The van der Waals surface area contributed by atoms with Crippen LogP contribution in [0.1, 0.15) is 71.1 Å². The van der Waals surface area contributed by atoms with Crippen LogP contribution in [0, 0.1) is 5.92 Å². The quantitative estimate of drug-likeness (QED) is 0.751. The number of carbonyl (C=O) groups is 2. The van der Waals surface area contributed by atoms with Gasteiger partial charge in [-0.2, -0.15) is 0 Å². The van der Waals surface area contributed by atoms with E-state index in [4.69, 9.17) is 0 Å². The molecule has 2 aliphatic carbocycles. The highest BCUT2D eigenvalue weighted by molar-refractivity contribution is 5.90.